The number of hydrogen-bond acceptors (Lipinski definition) is 3. The number of aromatic nitrogens is 1. The molecule has 0 spiro atoms. The van der Waals surface area contributed by atoms with E-state index >= 15 is 0 Å². The molecule has 0 aliphatic heterocycles. The third-order valence-corrected chi connectivity index (χ3v) is 3.68. The molecular weight excluding hydrogens is 296 g/mol. The highest BCUT2D eigenvalue weighted by Crippen LogP contribution is 2.32. The standard InChI is InChI=1S/C10H8BrClN2S/c1-13-10-14-9(5-15-10)7-3-2-6(12)4-8(7)11/h2-5H,1H3,(H,13,14). The molecule has 0 fully saturated rings. The molecule has 1 heterocycles. The predicted molar refractivity (Wildman–Crippen MR) is 69.8 cm³/mol. The van der Waals surface area contributed by atoms with E-state index in [9.17, 15) is 0 Å². The number of benzene rings is 1. The van der Waals surface area contributed by atoms with Gasteiger partial charge in [-0.25, -0.2) is 4.98 Å². The van der Waals surface area contributed by atoms with Crippen molar-refractivity contribution in [3.8, 4) is 11.3 Å². The van der Waals surface area contributed by atoms with Crippen molar-refractivity contribution in [2.45, 2.75) is 0 Å². The normalized spacial score (nSPS) is 10.3. The number of nitrogens with zero attached hydrogens (tertiary/aromatic N) is 1. The SMILES string of the molecule is CNc1nc(-c2ccc(Cl)cc2Br)cs1. The fourth-order valence-corrected chi connectivity index (χ4v) is 2.77. The lowest BCUT2D eigenvalue weighted by molar-refractivity contribution is 1.36. The summed E-state index contributed by atoms with van der Waals surface area (Å²) in [5, 5.41) is 6.65. The quantitative estimate of drug-likeness (QED) is 0.896. The van der Waals surface area contributed by atoms with Crippen LogP contribution in [0.4, 0.5) is 5.13 Å². The number of thiazole rings is 1. The van der Waals surface area contributed by atoms with E-state index in [1.54, 1.807) is 11.3 Å². The molecule has 0 saturated carbocycles. The van der Waals surface area contributed by atoms with Gasteiger partial charge in [0.15, 0.2) is 5.13 Å². The van der Waals surface area contributed by atoms with Gasteiger partial charge in [-0.1, -0.05) is 33.6 Å². The Hall–Kier alpha value is -0.580. The van der Waals surface area contributed by atoms with Crippen LogP contribution in [0.5, 0.6) is 0 Å². The summed E-state index contributed by atoms with van der Waals surface area (Å²) < 4.78 is 0.961. The third-order valence-electron chi connectivity index (χ3n) is 1.93. The third kappa shape index (κ3) is 2.33. The van der Waals surface area contributed by atoms with E-state index in [0.717, 1.165) is 25.9 Å². The van der Waals surface area contributed by atoms with Gasteiger partial charge in [-0.2, -0.15) is 0 Å². The zero-order valence-electron chi connectivity index (χ0n) is 7.92. The fourth-order valence-electron chi connectivity index (χ4n) is 1.21. The van der Waals surface area contributed by atoms with Crippen LogP contribution in [-0.4, -0.2) is 12.0 Å². The summed E-state index contributed by atoms with van der Waals surface area (Å²) in [4.78, 5) is 4.42. The van der Waals surface area contributed by atoms with Crippen molar-refractivity contribution in [2.75, 3.05) is 12.4 Å². The molecule has 2 nitrogen and oxygen atoms in total. The summed E-state index contributed by atoms with van der Waals surface area (Å²) >= 11 is 10.9. The number of hydrogen-bond donors (Lipinski definition) is 1. The average Bonchev–Trinajstić information content (AvgIpc) is 2.66. The molecule has 2 aromatic rings. The van der Waals surface area contributed by atoms with E-state index in [4.69, 9.17) is 11.6 Å². The minimum atomic E-state index is 0.717. The van der Waals surface area contributed by atoms with Crippen molar-refractivity contribution >= 4 is 44.0 Å². The molecule has 0 amide bonds. The highest BCUT2D eigenvalue weighted by Gasteiger charge is 2.07. The Kier molecular flexibility index (Phi) is 3.29. The number of halogens is 2. The number of nitrogens with one attached hydrogen (secondary N) is 1. The first-order valence-electron chi connectivity index (χ1n) is 4.29. The molecule has 2 rings (SSSR count). The van der Waals surface area contributed by atoms with Crippen LogP contribution in [0.1, 0.15) is 0 Å². The smallest absolute Gasteiger partial charge is 0.182 e. The van der Waals surface area contributed by atoms with Gasteiger partial charge in [-0.15, -0.1) is 11.3 Å². The van der Waals surface area contributed by atoms with Gasteiger partial charge in [-0.3, -0.25) is 0 Å². The molecule has 1 aromatic heterocycles. The van der Waals surface area contributed by atoms with Crippen molar-refractivity contribution < 1.29 is 0 Å². The minimum absolute atomic E-state index is 0.717. The van der Waals surface area contributed by atoms with Gasteiger partial charge in [0.05, 0.1) is 5.69 Å². The van der Waals surface area contributed by atoms with Crippen LogP contribution in [0.15, 0.2) is 28.1 Å². The van der Waals surface area contributed by atoms with Crippen molar-refractivity contribution in [3.63, 3.8) is 0 Å². The fraction of sp³-hybridized carbons (Fsp3) is 0.100. The van der Waals surface area contributed by atoms with Gasteiger partial charge >= 0.3 is 0 Å². The van der Waals surface area contributed by atoms with E-state index in [1.807, 2.05) is 30.6 Å². The lowest BCUT2D eigenvalue weighted by atomic mass is 10.2. The van der Waals surface area contributed by atoms with Crippen LogP contribution in [0, 0.1) is 0 Å². The zero-order valence-corrected chi connectivity index (χ0v) is 11.1. The summed E-state index contributed by atoms with van der Waals surface area (Å²) in [6.07, 6.45) is 0. The summed E-state index contributed by atoms with van der Waals surface area (Å²) in [7, 11) is 1.86. The highest BCUT2D eigenvalue weighted by molar-refractivity contribution is 9.10. The minimum Gasteiger partial charge on any atom is -0.365 e. The maximum Gasteiger partial charge on any atom is 0.182 e. The molecule has 0 atom stereocenters. The second kappa shape index (κ2) is 4.51. The molecule has 0 radical (unpaired) electrons. The molecular formula is C10H8BrClN2S. The van der Waals surface area contributed by atoms with Crippen molar-refractivity contribution in [3.05, 3.63) is 33.1 Å². The Labute approximate surface area is 105 Å². The molecule has 0 unspecified atom stereocenters. The van der Waals surface area contributed by atoms with Gasteiger partial charge in [0.1, 0.15) is 0 Å². The Bertz CT molecular complexity index is 484. The monoisotopic (exact) mass is 302 g/mol. The van der Waals surface area contributed by atoms with Crippen LogP contribution in [-0.2, 0) is 0 Å². The zero-order chi connectivity index (χ0) is 10.8. The average molecular weight is 304 g/mol. The first-order valence-corrected chi connectivity index (χ1v) is 6.34. The van der Waals surface area contributed by atoms with Crippen molar-refractivity contribution in [2.24, 2.45) is 0 Å². The topological polar surface area (TPSA) is 24.9 Å². The summed E-state index contributed by atoms with van der Waals surface area (Å²) in [6.45, 7) is 0. The summed E-state index contributed by atoms with van der Waals surface area (Å²) in [5.41, 5.74) is 2.00. The Morgan fingerprint density at radius 1 is 1.47 bits per heavy atom. The molecule has 0 bridgehead atoms. The second-order valence-electron chi connectivity index (χ2n) is 2.91. The van der Waals surface area contributed by atoms with Crippen LogP contribution in [0.25, 0.3) is 11.3 Å². The van der Waals surface area contributed by atoms with Gasteiger partial charge < -0.3 is 5.32 Å². The van der Waals surface area contributed by atoms with Gasteiger partial charge in [0, 0.05) is 27.5 Å². The molecule has 0 aliphatic rings. The molecule has 0 saturated heterocycles. The van der Waals surface area contributed by atoms with E-state index < -0.39 is 0 Å². The number of rotatable bonds is 2. The van der Waals surface area contributed by atoms with E-state index in [1.165, 1.54) is 0 Å². The van der Waals surface area contributed by atoms with Crippen LogP contribution < -0.4 is 5.32 Å². The van der Waals surface area contributed by atoms with Gasteiger partial charge in [-0.05, 0) is 12.1 Å². The maximum atomic E-state index is 5.88. The molecule has 5 heteroatoms. The largest absolute Gasteiger partial charge is 0.365 e. The summed E-state index contributed by atoms with van der Waals surface area (Å²) in [6, 6.07) is 5.69. The van der Waals surface area contributed by atoms with Crippen LogP contribution >= 0.6 is 38.9 Å². The van der Waals surface area contributed by atoms with E-state index in [0.29, 0.717) is 0 Å². The molecule has 1 N–H and O–H groups in total. The lowest BCUT2D eigenvalue weighted by Gasteiger charge is -2.00. The van der Waals surface area contributed by atoms with E-state index in [-0.39, 0.29) is 0 Å². The molecule has 78 valence electrons. The highest BCUT2D eigenvalue weighted by atomic mass is 79.9. The maximum absolute atomic E-state index is 5.88. The second-order valence-corrected chi connectivity index (χ2v) is 5.06. The first-order chi connectivity index (χ1) is 7.20. The van der Waals surface area contributed by atoms with Crippen LogP contribution in [0.3, 0.4) is 0 Å². The Morgan fingerprint density at radius 3 is 2.87 bits per heavy atom. The Morgan fingerprint density at radius 2 is 2.27 bits per heavy atom. The molecule has 0 aliphatic carbocycles. The van der Waals surface area contributed by atoms with Crippen molar-refractivity contribution in [1.82, 2.24) is 4.98 Å². The first kappa shape index (κ1) is 10.9. The van der Waals surface area contributed by atoms with Crippen molar-refractivity contribution in [1.29, 1.82) is 0 Å². The lowest BCUT2D eigenvalue weighted by Crippen LogP contribution is -1.86. The Balaban J connectivity index is 2.44. The van der Waals surface area contributed by atoms with Gasteiger partial charge in [0.2, 0.25) is 0 Å². The number of anilines is 1. The molecule has 15 heavy (non-hydrogen) atoms. The summed E-state index contributed by atoms with van der Waals surface area (Å²) in [5.74, 6) is 0. The van der Waals surface area contributed by atoms with Crippen LogP contribution in [0.2, 0.25) is 5.02 Å². The molecule has 1 aromatic carbocycles. The van der Waals surface area contributed by atoms with E-state index in [2.05, 4.69) is 26.2 Å². The van der Waals surface area contributed by atoms with Gasteiger partial charge in [0.25, 0.3) is 0 Å². The predicted octanol–water partition coefficient (Wildman–Crippen LogP) is 4.27.